The zero-order valence-electron chi connectivity index (χ0n) is 14.7. The number of anilines is 1. The van der Waals surface area contributed by atoms with Crippen LogP contribution in [0.4, 0.5) is 14.5 Å². The molecule has 1 amide bonds. The Morgan fingerprint density at radius 3 is 2.58 bits per heavy atom. The van der Waals surface area contributed by atoms with Crippen molar-refractivity contribution in [1.29, 1.82) is 0 Å². The van der Waals surface area contributed by atoms with Gasteiger partial charge in [-0.05, 0) is 26.0 Å². The Labute approximate surface area is 149 Å². The van der Waals surface area contributed by atoms with Crippen molar-refractivity contribution in [2.24, 2.45) is 0 Å². The second kappa shape index (κ2) is 6.51. The summed E-state index contributed by atoms with van der Waals surface area (Å²) in [4.78, 5) is 26.6. The van der Waals surface area contributed by atoms with Gasteiger partial charge in [-0.3, -0.25) is 9.48 Å². The Morgan fingerprint density at radius 1 is 1.35 bits per heavy atom. The van der Waals surface area contributed by atoms with Gasteiger partial charge >= 0.3 is 5.97 Å². The molecule has 0 spiro atoms. The Hall–Kier alpha value is -2.77. The Morgan fingerprint density at radius 2 is 2.00 bits per heavy atom. The van der Waals surface area contributed by atoms with E-state index in [2.05, 4.69) is 5.10 Å². The van der Waals surface area contributed by atoms with E-state index in [9.17, 15) is 18.4 Å². The number of ether oxygens (including phenoxy) is 1. The van der Waals surface area contributed by atoms with Crippen LogP contribution in [-0.4, -0.2) is 34.3 Å². The van der Waals surface area contributed by atoms with Gasteiger partial charge in [0.2, 0.25) is 0 Å². The molecule has 8 heteroatoms. The molecule has 2 heterocycles. The highest BCUT2D eigenvalue weighted by molar-refractivity contribution is 6.12. The summed E-state index contributed by atoms with van der Waals surface area (Å²) < 4.78 is 33.3. The number of halogens is 2. The summed E-state index contributed by atoms with van der Waals surface area (Å²) >= 11 is 0. The van der Waals surface area contributed by atoms with E-state index in [1.807, 2.05) is 6.92 Å². The Balaban J connectivity index is 1.97. The van der Waals surface area contributed by atoms with Crippen LogP contribution in [0, 0.1) is 0 Å². The molecule has 1 unspecified atom stereocenters. The number of fused-ring (bicyclic) bond motifs is 1. The lowest BCUT2D eigenvalue weighted by molar-refractivity contribution is 0.0175. The highest BCUT2D eigenvalue weighted by Gasteiger charge is 2.36. The minimum atomic E-state index is -2.95. The number of hydrogen-bond acceptors (Lipinski definition) is 4. The fraction of sp³-hybridized carbons (Fsp3) is 0.389. The van der Waals surface area contributed by atoms with E-state index in [1.54, 1.807) is 6.92 Å². The number of benzene rings is 1. The smallest absolute Gasteiger partial charge is 0.342 e. The molecule has 0 aliphatic carbocycles. The molecule has 1 atom stereocenters. The largest absolute Gasteiger partial charge is 0.462 e. The molecule has 26 heavy (non-hydrogen) atoms. The maximum Gasteiger partial charge on any atom is 0.342 e. The molecule has 1 aromatic carbocycles. The second-order valence-corrected chi connectivity index (χ2v) is 6.27. The van der Waals surface area contributed by atoms with Crippen molar-refractivity contribution in [2.45, 2.75) is 39.3 Å². The van der Waals surface area contributed by atoms with Crippen LogP contribution < -0.4 is 4.90 Å². The predicted octanol–water partition coefficient (Wildman–Crippen LogP) is 3.22. The molecule has 0 N–H and O–H groups in total. The number of rotatable bonds is 4. The van der Waals surface area contributed by atoms with E-state index < -0.39 is 17.8 Å². The fourth-order valence-corrected chi connectivity index (χ4v) is 3.04. The van der Waals surface area contributed by atoms with E-state index in [1.165, 1.54) is 40.0 Å². The molecule has 2 aromatic rings. The van der Waals surface area contributed by atoms with Crippen molar-refractivity contribution in [3.8, 4) is 0 Å². The van der Waals surface area contributed by atoms with Crippen LogP contribution in [0.2, 0.25) is 0 Å². The van der Waals surface area contributed by atoms with Gasteiger partial charge in [0.15, 0.2) is 0 Å². The minimum Gasteiger partial charge on any atom is -0.462 e. The molecule has 3 rings (SSSR count). The number of aromatic nitrogens is 2. The number of esters is 1. The first-order valence-electron chi connectivity index (χ1n) is 8.29. The number of hydrogen-bond donors (Lipinski definition) is 0. The third-order valence-electron chi connectivity index (χ3n) is 4.29. The van der Waals surface area contributed by atoms with Crippen LogP contribution >= 0.6 is 0 Å². The summed E-state index contributed by atoms with van der Waals surface area (Å²) in [6.45, 7) is 4.89. The minimum absolute atomic E-state index is 0.102. The first kappa shape index (κ1) is 18.0. The highest BCUT2D eigenvalue weighted by atomic mass is 19.3. The van der Waals surface area contributed by atoms with Crippen LogP contribution in [0.1, 0.15) is 47.2 Å². The molecular formula is C18H19F2N3O3. The summed E-state index contributed by atoms with van der Waals surface area (Å²) in [7, 11) is 0. The molecule has 0 fully saturated rings. The van der Waals surface area contributed by atoms with Gasteiger partial charge in [0.25, 0.3) is 11.8 Å². The first-order chi connectivity index (χ1) is 12.2. The van der Waals surface area contributed by atoms with Crippen molar-refractivity contribution >= 4 is 17.6 Å². The van der Waals surface area contributed by atoms with Gasteiger partial charge in [0, 0.05) is 18.2 Å². The summed E-state index contributed by atoms with van der Waals surface area (Å²) in [5, 5.41) is 4.10. The highest BCUT2D eigenvalue weighted by Crippen LogP contribution is 2.31. The summed E-state index contributed by atoms with van der Waals surface area (Å²) in [5.74, 6) is -3.98. The van der Waals surface area contributed by atoms with Gasteiger partial charge < -0.3 is 9.64 Å². The first-order valence-corrected chi connectivity index (χ1v) is 8.29. The topological polar surface area (TPSA) is 64.4 Å². The van der Waals surface area contributed by atoms with Crippen molar-refractivity contribution in [1.82, 2.24) is 9.78 Å². The third-order valence-corrected chi connectivity index (χ3v) is 4.29. The quantitative estimate of drug-likeness (QED) is 0.783. The lowest BCUT2D eigenvalue weighted by atomic mass is 10.1. The summed E-state index contributed by atoms with van der Waals surface area (Å²) in [5.41, 5.74) is 0.602. The Bertz CT molecular complexity index is 840. The lowest BCUT2D eigenvalue weighted by Gasteiger charge is -2.34. The number of carbonyl (C=O) groups excluding carboxylic acids is 2. The molecule has 1 aliphatic rings. The number of alkyl halides is 2. The van der Waals surface area contributed by atoms with E-state index in [0.29, 0.717) is 12.2 Å². The average molecular weight is 363 g/mol. The fourth-order valence-electron chi connectivity index (χ4n) is 3.04. The second-order valence-electron chi connectivity index (χ2n) is 6.27. The van der Waals surface area contributed by atoms with Gasteiger partial charge in [-0.25, -0.2) is 13.6 Å². The van der Waals surface area contributed by atoms with E-state index >= 15 is 0 Å². The maximum atomic E-state index is 13.4. The van der Waals surface area contributed by atoms with Crippen LogP contribution in [0.25, 0.3) is 0 Å². The van der Waals surface area contributed by atoms with Gasteiger partial charge in [0.05, 0.1) is 25.4 Å². The zero-order valence-corrected chi connectivity index (χ0v) is 14.7. The molecule has 0 radical (unpaired) electrons. The molecule has 1 aliphatic heterocycles. The van der Waals surface area contributed by atoms with Gasteiger partial charge in [-0.1, -0.05) is 12.1 Å². The SMILES string of the molecule is CCOC(=O)c1cnn2c1C(=O)N(c1ccc(C(C)(F)F)cc1)C(C)C2. The molecular weight excluding hydrogens is 344 g/mol. The average Bonchev–Trinajstić information content (AvgIpc) is 2.99. The van der Waals surface area contributed by atoms with Gasteiger partial charge in [-0.15, -0.1) is 0 Å². The Kier molecular flexibility index (Phi) is 4.52. The predicted molar refractivity (Wildman–Crippen MR) is 90.5 cm³/mol. The van der Waals surface area contributed by atoms with E-state index in [4.69, 9.17) is 4.74 Å². The lowest BCUT2D eigenvalue weighted by Crippen LogP contribution is -2.47. The number of carbonyl (C=O) groups is 2. The van der Waals surface area contributed by atoms with Crippen molar-refractivity contribution < 1.29 is 23.1 Å². The third kappa shape index (κ3) is 3.07. The summed E-state index contributed by atoms with van der Waals surface area (Å²) in [6, 6.07) is 5.31. The standard InChI is InChI=1S/C18H19F2N3O3/c1-4-26-17(25)14-9-21-22-10-11(2)23(16(24)15(14)22)13-7-5-12(6-8-13)18(3,19)20/h5-9,11H,4,10H2,1-3H3. The number of amides is 1. The number of nitrogens with zero attached hydrogens (tertiary/aromatic N) is 3. The van der Waals surface area contributed by atoms with E-state index in [0.717, 1.165) is 6.92 Å². The normalized spacial score (nSPS) is 17.2. The van der Waals surface area contributed by atoms with E-state index in [-0.39, 0.29) is 29.5 Å². The molecule has 6 nitrogen and oxygen atoms in total. The molecule has 138 valence electrons. The van der Waals surface area contributed by atoms with Gasteiger partial charge in [-0.2, -0.15) is 5.10 Å². The monoisotopic (exact) mass is 363 g/mol. The maximum absolute atomic E-state index is 13.4. The van der Waals surface area contributed by atoms with Crippen LogP contribution in [0.5, 0.6) is 0 Å². The molecule has 1 aromatic heterocycles. The van der Waals surface area contributed by atoms with Gasteiger partial charge in [0.1, 0.15) is 11.3 Å². The summed E-state index contributed by atoms with van der Waals surface area (Å²) in [6.07, 6.45) is 1.32. The molecule has 0 saturated carbocycles. The van der Waals surface area contributed by atoms with Crippen molar-refractivity contribution in [2.75, 3.05) is 11.5 Å². The van der Waals surface area contributed by atoms with Crippen LogP contribution in [-0.2, 0) is 17.2 Å². The zero-order chi connectivity index (χ0) is 19.1. The van der Waals surface area contributed by atoms with Crippen molar-refractivity contribution in [3.63, 3.8) is 0 Å². The van der Waals surface area contributed by atoms with Crippen molar-refractivity contribution in [3.05, 3.63) is 47.3 Å². The molecule has 0 saturated heterocycles. The van der Waals surface area contributed by atoms with Crippen LogP contribution in [0.15, 0.2) is 30.5 Å². The molecule has 0 bridgehead atoms. The van der Waals surface area contributed by atoms with Crippen LogP contribution in [0.3, 0.4) is 0 Å².